The Kier molecular flexibility index (Phi) is 7.26. The number of likely N-dealkylation sites (N-methyl/N-ethyl adjacent to an activating group) is 1. The summed E-state index contributed by atoms with van der Waals surface area (Å²) in [5.74, 6) is -0.941. The Morgan fingerprint density at radius 2 is 1.76 bits per heavy atom. The number of halogens is 2. The van der Waals surface area contributed by atoms with Gasteiger partial charge in [0.05, 0.1) is 0 Å². The Morgan fingerprint density at radius 3 is 2.29 bits per heavy atom. The van der Waals surface area contributed by atoms with Crippen molar-refractivity contribution >= 4 is 0 Å². The van der Waals surface area contributed by atoms with Crippen LogP contribution in [0.5, 0.6) is 0 Å². The highest BCUT2D eigenvalue weighted by Crippen LogP contribution is 2.21. The third-order valence-electron chi connectivity index (χ3n) is 4.34. The molecule has 0 saturated heterocycles. The second kappa shape index (κ2) is 8.44. The van der Waals surface area contributed by atoms with Crippen LogP contribution in [-0.4, -0.2) is 31.6 Å². The number of hydrogen-bond acceptors (Lipinski definition) is 2. The fourth-order valence-corrected chi connectivity index (χ4v) is 2.87. The summed E-state index contributed by atoms with van der Waals surface area (Å²) in [7, 11) is 4.14. The van der Waals surface area contributed by atoms with E-state index >= 15 is 0 Å². The molecular formula is C17H28F2N2. The van der Waals surface area contributed by atoms with E-state index in [9.17, 15) is 8.78 Å². The molecule has 1 aromatic rings. The Hall–Kier alpha value is -1.00. The highest BCUT2D eigenvalue weighted by molar-refractivity contribution is 5.22. The minimum Gasteiger partial charge on any atom is -0.309 e. The predicted molar refractivity (Wildman–Crippen MR) is 84.3 cm³/mol. The topological polar surface area (TPSA) is 15.3 Å². The summed E-state index contributed by atoms with van der Waals surface area (Å²) in [6, 6.07) is 4.52. The van der Waals surface area contributed by atoms with Crippen LogP contribution in [-0.2, 0) is 0 Å². The van der Waals surface area contributed by atoms with Gasteiger partial charge in [-0.1, -0.05) is 38.8 Å². The van der Waals surface area contributed by atoms with Gasteiger partial charge in [0.25, 0.3) is 0 Å². The molecule has 0 aliphatic carbocycles. The zero-order valence-electron chi connectivity index (χ0n) is 13.8. The molecule has 4 heteroatoms. The summed E-state index contributed by atoms with van der Waals surface area (Å²) in [5.41, 5.74) is 0.386. The molecule has 0 amide bonds. The molecule has 2 unspecified atom stereocenters. The van der Waals surface area contributed by atoms with Gasteiger partial charge in [0.15, 0.2) is 11.6 Å². The molecule has 2 atom stereocenters. The normalized spacial score (nSPS) is 14.7. The molecule has 0 fully saturated rings. The zero-order chi connectivity index (χ0) is 16.0. The summed E-state index contributed by atoms with van der Waals surface area (Å²) >= 11 is 0. The van der Waals surface area contributed by atoms with Gasteiger partial charge in [0.1, 0.15) is 0 Å². The fraction of sp³-hybridized carbons (Fsp3) is 0.647. The summed E-state index contributed by atoms with van der Waals surface area (Å²) in [4.78, 5) is 2.21. The van der Waals surface area contributed by atoms with E-state index in [4.69, 9.17) is 0 Å². The maximum Gasteiger partial charge on any atom is 0.163 e. The van der Waals surface area contributed by atoms with E-state index < -0.39 is 11.6 Å². The lowest BCUT2D eigenvalue weighted by atomic mass is 9.93. The average molecular weight is 298 g/mol. The number of benzene rings is 1. The minimum atomic E-state index is -0.787. The van der Waals surface area contributed by atoms with Crippen LogP contribution in [0.15, 0.2) is 18.2 Å². The van der Waals surface area contributed by atoms with Crippen LogP contribution >= 0.6 is 0 Å². The van der Waals surface area contributed by atoms with Gasteiger partial charge in [-0.25, -0.2) is 8.78 Å². The first-order chi connectivity index (χ1) is 9.92. The molecule has 0 heterocycles. The summed E-state index contributed by atoms with van der Waals surface area (Å²) in [6.07, 6.45) is 2.23. The molecule has 2 nitrogen and oxygen atoms in total. The third-order valence-corrected chi connectivity index (χ3v) is 4.34. The van der Waals surface area contributed by atoms with E-state index in [1.807, 2.05) is 6.92 Å². The lowest BCUT2D eigenvalue weighted by Crippen LogP contribution is -2.43. The van der Waals surface area contributed by atoms with Crippen LogP contribution in [0.25, 0.3) is 0 Å². The van der Waals surface area contributed by atoms with Crippen LogP contribution < -0.4 is 5.32 Å². The van der Waals surface area contributed by atoms with Crippen LogP contribution in [0, 0.1) is 17.6 Å². The smallest absolute Gasteiger partial charge is 0.163 e. The van der Waals surface area contributed by atoms with Gasteiger partial charge in [-0.3, -0.25) is 0 Å². The molecule has 0 bridgehead atoms. The zero-order valence-corrected chi connectivity index (χ0v) is 13.8. The van der Waals surface area contributed by atoms with Crippen molar-refractivity contribution in [1.82, 2.24) is 10.2 Å². The summed E-state index contributed by atoms with van der Waals surface area (Å²) in [6.45, 7) is 7.02. The van der Waals surface area contributed by atoms with Crippen LogP contribution in [0.2, 0.25) is 0 Å². The van der Waals surface area contributed by atoms with Gasteiger partial charge in [-0.2, -0.15) is 0 Å². The van der Waals surface area contributed by atoms with Crippen molar-refractivity contribution < 1.29 is 8.78 Å². The second-order valence-corrected chi connectivity index (χ2v) is 5.88. The molecule has 0 saturated carbocycles. The highest BCUT2D eigenvalue weighted by Gasteiger charge is 2.22. The Morgan fingerprint density at radius 1 is 1.14 bits per heavy atom. The highest BCUT2D eigenvalue weighted by atomic mass is 19.2. The number of rotatable bonds is 8. The van der Waals surface area contributed by atoms with Crippen molar-refractivity contribution in [2.24, 2.45) is 5.92 Å². The fourth-order valence-electron chi connectivity index (χ4n) is 2.87. The SMILES string of the molecule is CCC(CC)C(CNC(C)c1cccc(F)c1F)N(C)C. The molecule has 0 aliphatic heterocycles. The van der Waals surface area contributed by atoms with Gasteiger partial charge in [-0.05, 0) is 33.0 Å². The molecule has 0 aromatic heterocycles. The van der Waals surface area contributed by atoms with Crippen molar-refractivity contribution in [2.45, 2.75) is 45.7 Å². The summed E-state index contributed by atoms with van der Waals surface area (Å²) in [5, 5.41) is 3.35. The van der Waals surface area contributed by atoms with Gasteiger partial charge >= 0.3 is 0 Å². The Labute approximate surface area is 127 Å². The number of nitrogens with one attached hydrogen (secondary N) is 1. The predicted octanol–water partition coefficient (Wildman–Crippen LogP) is 3.98. The van der Waals surface area contributed by atoms with E-state index in [1.165, 1.54) is 0 Å². The first-order valence-corrected chi connectivity index (χ1v) is 7.76. The maximum absolute atomic E-state index is 13.8. The van der Waals surface area contributed by atoms with Crippen molar-refractivity contribution in [1.29, 1.82) is 0 Å². The van der Waals surface area contributed by atoms with Crippen molar-refractivity contribution in [3.8, 4) is 0 Å². The van der Waals surface area contributed by atoms with Crippen molar-refractivity contribution in [3.63, 3.8) is 0 Å². The van der Waals surface area contributed by atoms with Gasteiger partial charge < -0.3 is 10.2 Å². The van der Waals surface area contributed by atoms with E-state index in [0.717, 1.165) is 25.5 Å². The Bertz CT molecular complexity index is 431. The second-order valence-electron chi connectivity index (χ2n) is 5.88. The van der Waals surface area contributed by atoms with Crippen molar-refractivity contribution in [3.05, 3.63) is 35.4 Å². The maximum atomic E-state index is 13.8. The molecule has 1 aromatic carbocycles. The number of nitrogens with zero attached hydrogens (tertiary/aromatic N) is 1. The molecule has 0 radical (unpaired) electrons. The lowest BCUT2D eigenvalue weighted by molar-refractivity contribution is 0.190. The lowest BCUT2D eigenvalue weighted by Gasteiger charge is -2.32. The summed E-state index contributed by atoms with van der Waals surface area (Å²) < 4.78 is 27.1. The third kappa shape index (κ3) is 4.75. The standard InChI is InChI=1S/C17H28F2N2/c1-6-13(7-2)16(21(4)5)11-20-12(3)14-9-8-10-15(18)17(14)19/h8-10,12-13,16,20H,6-7,11H2,1-5H3. The number of hydrogen-bond donors (Lipinski definition) is 1. The quantitative estimate of drug-likeness (QED) is 0.781. The van der Waals surface area contributed by atoms with Gasteiger partial charge in [0, 0.05) is 24.2 Å². The van der Waals surface area contributed by atoms with Crippen LogP contribution in [0.1, 0.15) is 45.2 Å². The largest absolute Gasteiger partial charge is 0.309 e. The average Bonchev–Trinajstić information content (AvgIpc) is 2.45. The molecule has 120 valence electrons. The molecule has 1 N–H and O–H groups in total. The minimum absolute atomic E-state index is 0.211. The molecule has 0 aliphatic rings. The Balaban J connectivity index is 2.73. The molecule has 1 rings (SSSR count). The van der Waals surface area contributed by atoms with Crippen LogP contribution in [0.3, 0.4) is 0 Å². The van der Waals surface area contributed by atoms with E-state index in [-0.39, 0.29) is 6.04 Å². The van der Waals surface area contributed by atoms with E-state index in [1.54, 1.807) is 12.1 Å². The van der Waals surface area contributed by atoms with Gasteiger partial charge in [0.2, 0.25) is 0 Å². The van der Waals surface area contributed by atoms with E-state index in [2.05, 4.69) is 38.2 Å². The molecule has 21 heavy (non-hydrogen) atoms. The molecular weight excluding hydrogens is 270 g/mol. The first kappa shape index (κ1) is 18.1. The van der Waals surface area contributed by atoms with Crippen molar-refractivity contribution in [2.75, 3.05) is 20.6 Å². The molecule has 0 spiro atoms. The van der Waals surface area contributed by atoms with Crippen LogP contribution in [0.4, 0.5) is 8.78 Å². The monoisotopic (exact) mass is 298 g/mol. The van der Waals surface area contributed by atoms with E-state index in [0.29, 0.717) is 17.5 Å². The van der Waals surface area contributed by atoms with Gasteiger partial charge in [-0.15, -0.1) is 0 Å². The first-order valence-electron chi connectivity index (χ1n) is 7.76.